The van der Waals surface area contributed by atoms with Gasteiger partial charge in [-0.25, -0.2) is 9.97 Å². The molecule has 6 rings (SSSR count). The van der Waals surface area contributed by atoms with Crippen LogP contribution >= 0.6 is 0 Å². The number of nitrogens with zero attached hydrogens (tertiary/aromatic N) is 5. The highest BCUT2D eigenvalue weighted by Gasteiger charge is 2.24. The van der Waals surface area contributed by atoms with Gasteiger partial charge in [-0.15, -0.1) is 0 Å². The predicted octanol–water partition coefficient (Wildman–Crippen LogP) is 5.38. The lowest BCUT2D eigenvalue weighted by atomic mass is 9.87. The van der Waals surface area contributed by atoms with Gasteiger partial charge in [0.1, 0.15) is 11.5 Å². The molecular formula is C27H30N6O. The van der Waals surface area contributed by atoms with E-state index in [-0.39, 0.29) is 5.91 Å². The Kier molecular flexibility index (Phi) is 5.20. The molecule has 4 heterocycles. The highest BCUT2D eigenvalue weighted by atomic mass is 16.2. The van der Waals surface area contributed by atoms with E-state index in [1.807, 2.05) is 17.2 Å². The van der Waals surface area contributed by atoms with Crippen molar-refractivity contribution in [2.24, 2.45) is 5.92 Å². The molecule has 34 heavy (non-hydrogen) atoms. The van der Waals surface area contributed by atoms with Crippen molar-refractivity contribution in [2.75, 3.05) is 11.9 Å². The fraction of sp³-hybridized carbons (Fsp3) is 0.407. The molecule has 0 saturated heterocycles. The van der Waals surface area contributed by atoms with Gasteiger partial charge in [0.15, 0.2) is 0 Å². The average molecular weight is 455 g/mol. The predicted molar refractivity (Wildman–Crippen MR) is 134 cm³/mol. The van der Waals surface area contributed by atoms with Crippen LogP contribution in [-0.4, -0.2) is 36.9 Å². The molecule has 1 fully saturated rings. The van der Waals surface area contributed by atoms with E-state index in [4.69, 9.17) is 9.97 Å². The van der Waals surface area contributed by atoms with Crippen LogP contribution in [0.15, 0.2) is 42.6 Å². The molecule has 3 aromatic heterocycles. The number of hydrogen-bond donors (Lipinski definition) is 1. The summed E-state index contributed by atoms with van der Waals surface area (Å²) in [5, 5.41) is 5.65. The quantitative estimate of drug-likeness (QED) is 0.450. The maximum Gasteiger partial charge on any atom is 0.230 e. The number of fused-ring (bicyclic) bond motifs is 4. The average Bonchev–Trinajstić information content (AvgIpc) is 3.18. The molecule has 0 bridgehead atoms. The van der Waals surface area contributed by atoms with Crippen molar-refractivity contribution in [3.05, 3.63) is 53.9 Å². The summed E-state index contributed by atoms with van der Waals surface area (Å²) in [5.74, 6) is 2.21. The van der Waals surface area contributed by atoms with Crippen LogP contribution in [0.1, 0.15) is 56.8 Å². The lowest BCUT2D eigenvalue weighted by Gasteiger charge is -2.28. The highest BCUT2D eigenvalue weighted by Crippen LogP contribution is 2.38. The van der Waals surface area contributed by atoms with Crippen LogP contribution in [0.2, 0.25) is 0 Å². The molecule has 0 spiro atoms. The Bertz CT molecular complexity index is 1380. The standard InChI is InChI=1S/C27H30N6O/c1-17-7-10-20(11-8-17)33-24-6-4-3-5-21(24)22-15-28-27(31-26(22)33)30-25-12-9-19-16-32(18(2)34)14-13-23(19)29-25/h3-6,9,12,15,17,20H,7-8,10-11,13-14,16H2,1-2H3,(H,28,29,30,31). The second kappa shape index (κ2) is 8.38. The maximum absolute atomic E-state index is 11.7. The fourth-order valence-electron chi connectivity index (χ4n) is 5.57. The van der Waals surface area contributed by atoms with Gasteiger partial charge in [0.25, 0.3) is 0 Å². The van der Waals surface area contributed by atoms with Crippen molar-refractivity contribution < 1.29 is 4.79 Å². The number of rotatable bonds is 3. The molecule has 1 amide bonds. The number of hydrogen-bond acceptors (Lipinski definition) is 5. The Labute approximate surface area is 199 Å². The van der Waals surface area contributed by atoms with Crippen molar-refractivity contribution >= 4 is 39.6 Å². The molecular weight excluding hydrogens is 424 g/mol. The summed E-state index contributed by atoms with van der Waals surface area (Å²) < 4.78 is 2.44. The summed E-state index contributed by atoms with van der Waals surface area (Å²) in [6.45, 7) is 5.31. The first kappa shape index (κ1) is 21.1. The van der Waals surface area contributed by atoms with Crippen LogP contribution in [-0.2, 0) is 17.8 Å². The third kappa shape index (κ3) is 3.69. The van der Waals surface area contributed by atoms with E-state index in [0.29, 0.717) is 25.1 Å². The van der Waals surface area contributed by atoms with Crippen LogP contribution in [0.4, 0.5) is 11.8 Å². The Morgan fingerprint density at radius 2 is 1.85 bits per heavy atom. The van der Waals surface area contributed by atoms with Crippen LogP contribution in [0.5, 0.6) is 0 Å². The number of benzene rings is 1. The summed E-state index contributed by atoms with van der Waals surface area (Å²) >= 11 is 0. The van der Waals surface area contributed by atoms with Gasteiger partial charge in [0.2, 0.25) is 11.9 Å². The topological polar surface area (TPSA) is 75.9 Å². The van der Waals surface area contributed by atoms with Gasteiger partial charge in [-0.3, -0.25) is 4.79 Å². The van der Waals surface area contributed by atoms with Gasteiger partial charge < -0.3 is 14.8 Å². The van der Waals surface area contributed by atoms with Crippen molar-refractivity contribution in [3.8, 4) is 0 Å². The third-order valence-corrected chi connectivity index (χ3v) is 7.53. The minimum absolute atomic E-state index is 0.109. The van der Waals surface area contributed by atoms with Crippen molar-refractivity contribution in [1.82, 2.24) is 24.4 Å². The Balaban J connectivity index is 1.35. The molecule has 1 N–H and O–H groups in total. The Morgan fingerprint density at radius 1 is 1.03 bits per heavy atom. The molecule has 0 atom stereocenters. The number of para-hydroxylation sites is 1. The van der Waals surface area contributed by atoms with Crippen molar-refractivity contribution in [3.63, 3.8) is 0 Å². The lowest BCUT2D eigenvalue weighted by Crippen LogP contribution is -2.34. The van der Waals surface area contributed by atoms with Crippen LogP contribution < -0.4 is 5.32 Å². The van der Waals surface area contributed by atoms with Gasteiger partial charge in [-0.1, -0.05) is 31.2 Å². The van der Waals surface area contributed by atoms with Crippen molar-refractivity contribution in [1.29, 1.82) is 0 Å². The Hall–Kier alpha value is -3.48. The fourth-order valence-corrected chi connectivity index (χ4v) is 5.57. The van der Waals surface area contributed by atoms with E-state index < -0.39 is 0 Å². The lowest BCUT2D eigenvalue weighted by molar-refractivity contribution is -0.129. The van der Waals surface area contributed by atoms with Gasteiger partial charge in [0.05, 0.1) is 5.52 Å². The first-order chi connectivity index (χ1) is 16.6. The second-order valence-corrected chi connectivity index (χ2v) is 9.85. The van der Waals surface area contributed by atoms with E-state index in [1.165, 1.54) is 36.6 Å². The van der Waals surface area contributed by atoms with Gasteiger partial charge >= 0.3 is 0 Å². The molecule has 4 aromatic rings. The van der Waals surface area contributed by atoms with E-state index in [0.717, 1.165) is 40.4 Å². The zero-order chi connectivity index (χ0) is 23.2. The first-order valence-electron chi connectivity index (χ1n) is 12.3. The largest absolute Gasteiger partial charge is 0.338 e. The molecule has 7 nitrogen and oxygen atoms in total. The monoisotopic (exact) mass is 454 g/mol. The molecule has 1 saturated carbocycles. The van der Waals surface area contributed by atoms with Crippen LogP contribution in [0.3, 0.4) is 0 Å². The molecule has 7 heteroatoms. The zero-order valence-electron chi connectivity index (χ0n) is 19.8. The summed E-state index contributed by atoms with van der Waals surface area (Å²) in [6.07, 6.45) is 7.59. The third-order valence-electron chi connectivity index (χ3n) is 7.53. The number of carbonyl (C=O) groups excluding carboxylic acids is 1. The van der Waals surface area contributed by atoms with Crippen molar-refractivity contribution in [2.45, 2.75) is 58.5 Å². The van der Waals surface area contributed by atoms with Crippen LogP contribution in [0, 0.1) is 5.92 Å². The molecule has 174 valence electrons. The molecule has 2 aliphatic rings. The Morgan fingerprint density at radius 3 is 2.68 bits per heavy atom. The molecule has 0 radical (unpaired) electrons. The minimum Gasteiger partial charge on any atom is -0.338 e. The number of amides is 1. The number of carbonyl (C=O) groups is 1. The first-order valence-corrected chi connectivity index (χ1v) is 12.3. The normalized spacial score (nSPS) is 20.5. The SMILES string of the molecule is CC(=O)N1CCc2nc(Nc3ncc4c5ccccc5n(C5CCC(C)CC5)c4n3)ccc2C1. The number of pyridine rings is 1. The maximum atomic E-state index is 11.7. The molecule has 1 aromatic carbocycles. The van der Waals surface area contributed by atoms with Crippen LogP contribution in [0.25, 0.3) is 21.9 Å². The van der Waals surface area contributed by atoms with Gasteiger partial charge in [-0.05, 0) is 49.3 Å². The highest BCUT2D eigenvalue weighted by molar-refractivity contribution is 6.06. The molecule has 1 aliphatic carbocycles. The number of nitrogens with one attached hydrogen (secondary N) is 1. The second-order valence-electron chi connectivity index (χ2n) is 9.85. The van der Waals surface area contributed by atoms with E-state index in [9.17, 15) is 4.79 Å². The number of anilines is 2. The van der Waals surface area contributed by atoms with Gasteiger partial charge in [-0.2, -0.15) is 4.98 Å². The van der Waals surface area contributed by atoms with E-state index in [2.05, 4.69) is 52.1 Å². The van der Waals surface area contributed by atoms with Gasteiger partial charge in [0, 0.05) is 55.1 Å². The molecule has 1 aliphatic heterocycles. The van der Waals surface area contributed by atoms with E-state index >= 15 is 0 Å². The summed E-state index contributed by atoms with van der Waals surface area (Å²) in [6, 6.07) is 13.0. The smallest absolute Gasteiger partial charge is 0.230 e. The number of aromatic nitrogens is 4. The minimum atomic E-state index is 0.109. The van der Waals surface area contributed by atoms with E-state index in [1.54, 1.807) is 6.92 Å². The summed E-state index contributed by atoms with van der Waals surface area (Å²) in [5.41, 5.74) is 4.38. The summed E-state index contributed by atoms with van der Waals surface area (Å²) in [7, 11) is 0. The molecule has 0 unspecified atom stereocenters. The summed E-state index contributed by atoms with van der Waals surface area (Å²) in [4.78, 5) is 28.0. The zero-order valence-corrected chi connectivity index (χ0v) is 19.8.